The lowest BCUT2D eigenvalue weighted by Gasteiger charge is -2.30. The van der Waals surface area contributed by atoms with E-state index in [9.17, 15) is 4.79 Å². The van der Waals surface area contributed by atoms with Gasteiger partial charge in [-0.15, -0.1) is 0 Å². The largest absolute Gasteiger partial charge is 0.490 e. The number of furan rings is 1. The zero-order valence-corrected chi connectivity index (χ0v) is 17.2. The van der Waals surface area contributed by atoms with Crippen LogP contribution in [0.3, 0.4) is 0 Å². The van der Waals surface area contributed by atoms with E-state index in [0.29, 0.717) is 26.4 Å². The molecule has 0 N–H and O–H groups in total. The average Bonchev–Trinajstić information content (AvgIpc) is 3.15. The van der Waals surface area contributed by atoms with Crippen LogP contribution < -0.4 is 9.64 Å². The number of fused-ring (bicyclic) bond motifs is 2. The molecular formula is C24H25NO5. The smallest absolute Gasteiger partial charge is 0.373 e. The van der Waals surface area contributed by atoms with E-state index in [2.05, 4.69) is 11.0 Å². The number of hydrogen-bond acceptors (Lipinski definition) is 6. The van der Waals surface area contributed by atoms with E-state index in [-0.39, 0.29) is 5.76 Å². The van der Waals surface area contributed by atoms with Crippen molar-refractivity contribution in [3.8, 4) is 5.75 Å². The van der Waals surface area contributed by atoms with Gasteiger partial charge in [0.15, 0.2) is 0 Å². The lowest BCUT2D eigenvalue weighted by atomic mass is 10.1. The minimum absolute atomic E-state index is 0.201. The summed E-state index contributed by atoms with van der Waals surface area (Å²) in [6.07, 6.45) is 1.70. The highest BCUT2D eigenvalue weighted by Gasteiger charge is 2.19. The Morgan fingerprint density at radius 2 is 1.93 bits per heavy atom. The molecule has 30 heavy (non-hydrogen) atoms. The molecule has 6 nitrogen and oxygen atoms in total. The predicted molar refractivity (Wildman–Crippen MR) is 115 cm³/mol. The van der Waals surface area contributed by atoms with E-state index in [1.807, 2.05) is 49.4 Å². The van der Waals surface area contributed by atoms with Gasteiger partial charge in [-0.25, -0.2) is 4.79 Å². The molecule has 1 aliphatic rings. The maximum atomic E-state index is 12.1. The molecule has 3 aromatic rings. The molecule has 4 rings (SSSR count). The van der Waals surface area contributed by atoms with Crippen LogP contribution in [-0.4, -0.2) is 32.3 Å². The molecule has 1 aromatic heterocycles. The number of esters is 1. The molecule has 0 bridgehead atoms. The van der Waals surface area contributed by atoms with Gasteiger partial charge in [-0.2, -0.15) is 0 Å². The monoisotopic (exact) mass is 407 g/mol. The second-order valence-corrected chi connectivity index (χ2v) is 6.91. The van der Waals surface area contributed by atoms with Crippen molar-refractivity contribution in [1.29, 1.82) is 0 Å². The molecule has 0 saturated heterocycles. The first-order valence-corrected chi connectivity index (χ1v) is 10.2. The molecular weight excluding hydrogens is 382 g/mol. The molecule has 0 unspecified atom stereocenters. The van der Waals surface area contributed by atoms with Gasteiger partial charge in [-0.1, -0.05) is 18.2 Å². The summed E-state index contributed by atoms with van der Waals surface area (Å²) >= 11 is 0. The molecule has 6 heteroatoms. The second-order valence-electron chi connectivity index (χ2n) is 6.91. The van der Waals surface area contributed by atoms with Gasteiger partial charge in [-0.05, 0) is 55.8 Å². The van der Waals surface area contributed by atoms with E-state index < -0.39 is 5.97 Å². The van der Waals surface area contributed by atoms with Crippen LogP contribution in [0.15, 0.2) is 58.7 Å². The Hall–Kier alpha value is -3.41. The van der Waals surface area contributed by atoms with Crippen molar-refractivity contribution >= 4 is 28.7 Å². The summed E-state index contributed by atoms with van der Waals surface area (Å²) < 4.78 is 22.3. The second kappa shape index (κ2) is 8.95. The molecule has 0 radical (unpaired) electrons. The Bertz CT molecular complexity index is 1070. The Balaban J connectivity index is 1.57. The Labute approximate surface area is 175 Å². The van der Waals surface area contributed by atoms with Crippen LogP contribution in [0.5, 0.6) is 5.75 Å². The Morgan fingerprint density at radius 3 is 2.77 bits per heavy atom. The van der Waals surface area contributed by atoms with Crippen molar-refractivity contribution in [2.45, 2.75) is 20.4 Å². The van der Waals surface area contributed by atoms with Crippen LogP contribution in [0.25, 0.3) is 17.0 Å². The minimum Gasteiger partial charge on any atom is -0.490 e. The SMILES string of the molecule is CCOC(=O)C(=Cc1ccc2oc(CN3CCOc4ccccc43)cc2c1)OCC. The fraction of sp³-hybridized carbons (Fsp3) is 0.292. The molecule has 0 aliphatic carbocycles. The van der Waals surface area contributed by atoms with Crippen LogP contribution in [0, 0.1) is 0 Å². The van der Waals surface area contributed by atoms with Crippen LogP contribution in [0.2, 0.25) is 0 Å². The number of para-hydroxylation sites is 2. The summed E-state index contributed by atoms with van der Waals surface area (Å²) in [5.41, 5.74) is 2.73. The molecule has 0 spiro atoms. The van der Waals surface area contributed by atoms with E-state index in [1.54, 1.807) is 13.0 Å². The van der Waals surface area contributed by atoms with Gasteiger partial charge in [0.05, 0.1) is 32.0 Å². The zero-order chi connectivity index (χ0) is 20.9. The predicted octanol–water partition coefficient (Wildman–Crippen LogP) is 4.77. The number of benzene rings is 2. The summed E-state index contributed by atoms with van der Waals surface area (Å²) in [6.45, 7) is 6.42. The van der Waals surface area contributed by atoms with Crippen molar-refractivity contribution in [3.63, 3.8) is 0 Å². The van der Waals surface area contributed by atoms with Crippen molar-refractivity contribution < 1.29 is 23.4 Å². The Kier molecular flexibility index (Phi) is 5.93. The van der Waals surface area contributed by atoms with Gasteiger partial charge in [0.1, 0.15) is 23.7 Å². The quantitative estimate of drug-likeness (QED) is 0.319. The van der Waals surface area contributed by atoms with E-state index in [1.165, 1.54) is 0 Å². The summed E-state index contributed by atoms with van der Waals surface area (Å²) in [5, 5.41) is 0.972. The normalized spacial score (nSPS) is 13.7. The minimum atomic E-state index is -0.460. The maximum Gasteiger partial charge on any atom is 0.373 e. The highest BCUT2D eigenvalue weighted by molar-refractivity contribution is 5.92. The van der Waals surface area contributed by atoms with Crippen molar-refractivity contribution in [1.82, 2.24) is 0 Å². The van der Waals surface area contributed by atoms with E-state index in [0.717, 1.165) is 40.3 Å². The fourth-order valence-electron chi connectivity index (χ4n) is 3.53. The van der Waals surface area contributed by atoms with E-state index >= 15 is 0 Å². The highest BCUT2D eigenvalue weighted by atomic mass is 16.6. The Morgan fingerprint density at radius 1 is 1.10 bits per heavy atom. The first kappa shape index (κ1) is 19.9. The first-order valence-electron chi connectivity index (χ1n) is 10.2. The van der Waals surface area contributed by atoms with Gasteiger partial charge >= 0.3 is 5.97 Å². The highest BCUT2D eigenvalue weighted by Crippen LogP contribution is 2.33. The van der Waals surface area contributed by atoms with Crippen LogP contribution in [-0.2, 0) is 20.8 Å². The number of anilines is 1. The van der Waals surface area contributed by atoms with Gasteiger partial charge in [0.25, 0.3) is 0 Å². The average molecular weight is 407 g/mol. The topological polar surface area (TPSA) is 61.1 Å². The van der Waals surface area contributed by atoms with Crippen LogP contribution in [0.1, 0.15) is 25.2 Å². The maximum absolute atomic E-state index is 12.1. The fourth-order valence-corrected chi connectivity index (χ4v) is 3.53. The zero-order valence-electron chi connectivity index (χ0n) is 17.2. The number of carbonyl (C=O) groups is 1. The third-order valence-corrected chi connectivity index (χ3v) is 4.84. The lowest BCUT2D eigenvalue weighted by Crippen LogP contribution is -2.31. The van der Waals surface area contributed by atoms with Crippen molar-refractivity contribution in [2.24, 2.45) is 0 Å². The molecule has 0 fully saturated rings. The molecule has 2 heterocycles. The molecule has 2 aromatic carbocycles. The van der Waals surface area contributed by atoms with E-state index in [4.69, 9.17) is 18.6 Å². The van der Waals surface area contributed by atoms with Crippen molar-refractivity contribution in [3.05, 3.63) is 65.6 Å². The summed E-state index contributed by atoms with van der Waals surface area (Å²) in [6, 6.07) is 15.9. The summed E-state index contributed by atoms with van der Waals surface area (Å²) in [4.78, 5) is 14.3. The first-order chi connectivity index (χ1) is 14.7. The number of nitrogens with zero attached hydrogens (tertiary/aromatic N) is 1. The molecule has 0 atom stereocenters. The van der Waals surface area contributed by atoms with Gasteiger partial charge < -0.3 is 23.5 Å². The summed E-state index contributed by atoms with van der Waals surface area (Å²) in [7, 11) is 0. The van der Waals surface area contributed by atoms with Crippen LogP contribution >= 0.6 is 0 Å². The third kappa shape index (κ3) is 4.27. The van der Waals surface area contributed by atoms with Gasteiger partial charge in [-0.3, -0.25) is 0 Å². The lowest BCUT2D eigenvalue weighted by molar-refractivity contribution is -0.142. The standard InChI is InChI=1S/C24H25NO5/c1-3-27-23(24(26)28-4-2)14-17-9-10-21-18(13-17)15-19(30-21)16-25-11-12-29-22-8-6-5-7-20(22)25/h5-10,13-15H,3-4,11-12,16H2,1-2H3. The number of rotatable bonds is 7. The molecule has 0 saturated carbocycles. The number of hydrogen-bond donors (Lipinski definition) is 0. The molecule has 1 aliphatic heterocycles. The molecule has 0 amide bonds. The molecule has 156 valence electrons. The third-order valence-electron chi connectivity index (χ3n) is 4.84. The number of carbonyl (C=O) groups excluding carboxylic acids is 1. The van der Waals surface area contributed by atoms with Gasteiger partial charge in [0, 0.05) is 5.39 Å². The summed E-state index contributed by atoms with van der Waals surface area (Å²) in [5.74, 6) is 1.51. The van der Waals surface area contributed by atoms with Crippen LogP contribution in [0.4, 0.5) is 5.69 Å². The van der Waals surface area contributed by atoms with Gasteiger partial charge in [0.2, 0.25) is 5.76 Å². The number of ether oxygens (including phenoxy) is 3. The van der Waals surface area contributed by atoms with Crippen molar-refractivity contribution in [2.75, 3.05) is 31.3 Å².